The predicted octanol–water partition coefficient (Wildman–Crippen LogP) is 3.70. The number of carbonyl (C=O) groups excluding carboxylic acids is 1. The average molecular weight is 472 g/mol. The Morgan fingerprint density at radius 2 is 1.81 bits per heavy atom. The van der Waals surface area contributed by atoms with Crippen molar-refractivity contribution in [3.05, 3.63) is 94.5 Å². The Morgan fingerprint density at radius 3 is 2.50 bits per heavy atom. The maximum absolute atomic E-state index is 13.2. The molecule has 0 radical (unpaired) electrons. The highest BCUT2D eigenvalue weighted by Gasteiger charge is 2.27. The highest BCUT2D eigenvalue weighted by Crippen LogP contribution is 2.21. The smallest absolute Gasteiger partial charge is 0.255 e. The lowest BCUT2D eigenvalue weighted by Gasteiger charge is -2.21. The van der Waals surface area contributed by atoms with Crippen LogP contribution in [0.3, 0.4) is 0 Å². The van der Waals surface area contributed by atoms with Crippen molar-refractivity contribution in [3.8, 4) is 5.75 Å². The van der Waals surface area contributed by atoms with Crippen molar-refractivity contribution in [2.75, 3.05) is 6.54 Å². The molecule has 0 aliphatic heterocycles. The first-order valence-corrected chi connectivity index (χ1v) is 11.5. The van der Waals surface area contributed by atoms with Crippen molar-refractivity contribution in [1.82, 2.24) is 9.73 Å². The summed E-state index contributed by atoms with van der Waals surface area (Å²) < 4.78 is 27.6. The molecule has 0 spiro atoms. The number of phenols is 1. The number of halogens is 1. The first kappa shape index (κ1) is 23.5. The number of phenolic OH excluding ortho intramolecular Hbond substituents is 1. The molecule has 1 amide bonds. The van der Waals surface area contributed by atoms with Crippen LogP contribution in [0.2, 0.25) is 5.02 Å². The van der Waals surface area contributed by atoms with Crippen molar-refractivity contribution < 1.29 is 18.3 Å². The van der Waals surface area contributed by atoms with Crippen molar-refractivity contribution in [2.24, 2.45) is 5.10 Å². The summed E-state index contributed by atoms with van der Waals surface area (Å²) in [7, 11) is -3.98. The Morgan fingerprint density at radius 1 is 1.09 bits per heavy atom. The van der Waals surface area contributed by atoms with E-state index in [4.69, 9.17) is 11.6 Å². The minimum absolute atomic E-state index is 0.0102. The minimum atomic E-state index is -3.98. The third-order valence-corrected chi connectivity index (χ3v) is 6.54. The third kappa shape index (κ3) is 6.40. The van der Waals surface area contributed by atoms with Gasteiger partial charge in [0.05, 0.1) is 17.7 Å². The van der Waals surface area contributed by atoms with E-state index in [1.54, 1.807) is 18.2 Å². The number of hydrazone groups is 1. The van der Waals surface area contributed by atoms with Crippen LogP contribution in [0.5, 0.6) is 5.75 Å². The molecule has 3 rings (SSSR count). The van der Waals surface area contributed by atoms with Gasteiger partial charge in [-0.05, 0) is 54.4 Å². The molecule has 0 unspecified atom stereocenters. The predicted molar refractivity (Wildman–Crippen MR) is 124 cm³/mol. The lowest BCUT2D eigenvalue weighted by molar-refractivity contribution is -0.121. The summed E-state index contributed by atoms with van der Waals surface area (Å²) in [6.07, 6.45) is 1.36. The number of sulfonamides is 1. The fourth-order valence-electron chi connectivity index (χ4n) is 2.98. The first-order chi connectivity index (χ1) is 15.2. The SMILES string of the molecule is Cc1cccc(CN(CC(=O)N/N=C\c2cccc(O)c2)S(=O)(=O)c2ccc(Cl)cc2)c1. The molecule has 0 fully saturated rings. The van der Waals surface area contributed by atoms with Gasteiger partial charge in [0.1, 0.15) is 5.75 Å². The Kier molecular flexibility index (Phi) is 7.63. The van der Waals surface area contributed by atoms with E-state index in [-0.39, 0.29) is 17.2 Å². The second-order valence-electron chi connectivity index (χ2n) is 7.10. The molecular weight excluding hydrogens is 450 g/mol. The van der Waals surface area contributed by atoms with Crippen molar-refractivity contribution >= 4 is 33.7 Å². The summed E-state index contributed by atoms with van der Waals surface area (Å²) in [5.74, 6) is -0.537. The maximum atomic E-state index is 13.2. The van der Waals surface area contributed by atoms with E-state index >= 15 is 0 Å². The van der Waals surface area contributed by atoms with Gasteiger partial charge in [-0.3, -0.25) is 4.79 Å². The average Bonchev–Trinajstić information content (AvgIpc) is 2.74. The lowest BCUT2D eigenvalue weighted by atomic mass is 10.1. The summed E-state index contributed by atoms with van der Waals surface area (Å²) in [6.45, 7) is 1.48. The van der Waals surface area contributed by atoms with Gasteiger partial charge in [-0.15, -0.1) is 0 Å². The maximum Gasteiger partial charge on any atom is 0.255 e. The number of aromatic hydroxyl groups is 1. The zero-order valence-electron chi connectivity index (χ0n) is 17.3. The highest BCUT2D eigenvalue weighted by atomic mass is 35.5. The number of carbonyl (C=O) groups is 1. The molecule has 0 bridgehead atoms. The number of amides is 1. The van der Waals surface area contributed by atoms with Gasteiger partial charge in [0.15, 0.2) is 0 Å². The second kappa shape index (κ2) is 10.4. The van der Waals surface area contributed by atoms with Crippen LogP contribution < -0.4 is 5.43 Å². The number of hydrogen-bond acceptors (Lipinski definition) is 5. The molecule has 0 aromatic heterocycles. The molecule has 0 heterocycles. The monoisotopic (exact) mass is 471 g/mol. The molecule has 0 aliphatic rings. The van der Waals surface area contributed by atoms with Gasteiger partial charge in [0.25, 0.3) is 5.91 Å². The summed E-state index contributed by atoms with van der Waals surface area (Å²) >= 11 is 5.89. The molecule has 166 valence electrons. The van der Waals surface area contributed by atoms with Gasteiger partial charge in [0, 0.05) is 11.6 Å². The van der Waals surface area contributed by atoms with Crippen LogP contribution >= 0.6 is 11.6 Å². The number of benzene rings is 3. The van der Waals surface area contributed by atoms with Gasteiger partial charge < -0.3 is 5.11 Å². The molecule has 9 heteroatoms. The van der Waals surface area contributed by atoms with Gasteiger partial charge in [-0.25, -0.2) is 13.8 Å². The third-order valence-electron chi connectivity index (χ3n) is 4.49. The Bertz CT molecular complexity index is 1230. The normalized spacial score (nSPS) is 11.7. The Labute approximate surface area is 192 Å². The molecule has 0 saturated carbocycles. The number of aryl methyl sites for hydroxylation is 1. The first-order valence-electron chi connectivity index (χ1n) is 9.66. The van der Waals surface area contributed by atoms with Crippen LogP contribution in [0.1, 0.15) is 16.7 Å². The molecule has 32 heavy (non-hydrogen) atoms. The van der Waals surface area contributed by atoms with Crippen molar-refractivity contribution in [2.45, 2.75) is 18.4 Å². The van der Waals surface area contributed by atoms with Gasteiger partial charge in [0.2, 0.25) is 10.0 Å². The number of rotatable bonds is 8. The molecular formula is C23H22ClN3O4S. The molecule has 7 nitrogen and oxygen atoms in total. The molecule has 0 atom stereocenters. The largest absolute Gasteiger partial charge is 0.508 e. The Hall–Kier alpha value is -3.20. The summed E-state index contributed by atoms with van der Waals surface area (Å²) in [5.41, 5.74) is 4.64. The molecule has 0 saturated heterocycles. The zero-order chi connectivity index (χ0) is 23.1. The zero-order valence-corrected chi connectivity index (χ0v) is 18.8. The van der Waals surface area contributed by atoms with E-state index < -0.39 is 22.5 Å². The topological polar surface area (TPSA) is 99.1 Å². The summed E-state index contributed by atoms with van der Waals surface area (Å²) in [6, 6.07) is 19.5. The molecule has 3 aromatic carbocycles. The van der Waals surface area contributed by atoms with E-state index in [0.29, 0.717) is 10.6 Å². The standard InChI is InChI=1S/C23H22ClN3O4S/c1-17-4-2-6-19(12-17)15-27(32(30,31)22-10-8-20(24)9-11-22)16-23(29)26-25-14-18-5-3-7-21(28)13-18/h2-14,28H,15-16H2,1H3,(H,26,29)/b25-14-. The molecule has 0 aliphatic carbocycles. The van der Waals surface area contributed by atoms with Crippen LogP contribution in [0.25, 0.3) is 0 Å². The van der Waals surface area contributed by atoms with Crippen molar-refractivity contribution in [3.63, 3.8) is 0 Å². The van der Waals surface area contributed by atoms with Crippen LogP contribution in [-0.2, 0) is 21.4 Å². The number of hydrogen-bond donors (Lipinski definition) is 2. The minimum Gasteiger partial charge on any atom is -0.508 e. The quantitative estimate of drug-likeness (QED) is 0.386. The van der Waals surface area contributed by atoms with Crippen LogP contribution in [-0.4, -0.2) is 36.5 Å². The number of nitrogens with one attached hydrogen (secondary N) is 1. The van der Waals surface area contributed by atoms with E-state index in [1.807, 2.05) is 25.1 Å². The van der Waals surface area contributed by atoms with Gasteiger partial charge in [-0.2, -0.15) is 9.41 Å². The van der Waals surface area contributed by atoms with Crippen LogP contribution in [0, 0.1) is 6.92 Å². The van der Waals surface area contributed by atoms with E-state index in [2.05, 4.69) is 10.5 Å². The van der Waals surface area contributed by atoms with Gasteiger partial charge >= 0.3 is 0 Å². The van der Waals surface area contributed by atoms with Crippen LogP contribution in [0.15, 0.2) is 82.8 Å². The van der Waals surface area contributed by atoms with E-state index in [0.717, 1.165) is 15.4 Å². The highest BCUT2D eigenvalue weighted by molar-refractivity contribution is 7.89. The molecule has 3 aromatic rings. The lowest BCUT2D eigenvalue weighted by Crippen LogP contribution is -2.39. The summed E-state index contributed by atoms with van der Waals surface area (Å²) in [5, 5.41) is 13.7. The summed E-state index contributed by atoms with van der Waals surface area (Å²) in [4.78, 5) is 12.5. The number of nitrogens with zero attached hydrogens (tertiary/aromatic N) is 2. The van der Waals surface area contributed by atoms with Crippen LogP contribution in [0.4, 0.5) is 0 Å². The van der Waals surface area contributed by atoms with Gasteiger partial charge in [-0.1, -0.05) is 53.6 Å². The van der Waals surface area contributed by atoms with E-state index in [1.165, 1.54) is 42.6 Å². The second-order valence-corrected chi connectivity index (χ2v) is 9.48. The fraction of sp³-hybridized carbons (Fsp3) is 0.130. The van der Waals surface area contributed by atoms with E-state index in [9.17, 15) is 18.3 Å². The molecule has 2 N–H and O–H groups in total. The van der Waals surface area contributed by atoms with Crippen molar-refractivity contribution in [1.29, 1.82) is 0 Å². The fourth-order valence-corrected chi connectivity index (χ4v) is 4.49. The Balaban J connectivity index is 1.80.